The van der Waals surface area contributed by atoms with E-state index in [2.05, 4.69) is 5.32 Å². The molecule has 3 nitrogen and oxygen atoms in total. The van der Waals surface area contributed by atoms with Crippen molar-refractivity contribution in [2.75, 3.05) is 26.9 Å². The molecule has 0 saturated carbocycles. The molecule has 4 heteroatoms. The Labute approximate surface area is 119 Å². The Morgan fingerprint density at radius 1 is 1.40 bits per heavy atom. The van der Waals surface area contributed by atoms with E-state index < -0.39 is 0 Å². The molecule has 0 aliphatic carbocycles. The monoisotopic (exact) mass is 279 g/mol. The maximum Gasteiger partial charge on any atom is 0.123 e. The topological polar surface area (TPSA) is 30.5 Å². The van der Waals surface area contributed by atoms with Gasteiger partial charge >= 0.3 is 0 Å². The van der Waals surface area contributed by atoms with Crippen LogP contribution in [0.25, 0.3) is 0 Å². The van der Waals surface area contributed by atoms with Crippen LogP contribution in [-0.4, -0.2) is 32.5 Å². The van der Waals surface area contributed by atoms with Gasteiger partial charge in [0.15, 0.2) is 0 Å². The minimum Gasteiger partial charge on any atom is -0.378 e. The van der Waals surface area contributed by atoms with Crippen LogP contribution in [0.3, 0.4) is 0 Å². The van der Waals surface area contributed by atoms with Crippen LogP contribution in [0.4, 0.5) is 4.39 Å². The van der Waals surface area contributed by atoms with E-state index in [-0.39, 0.29) is 17.5 Å². The molecule has 1 aromatic carbocycles. The highest BCUT2D eigenvalue weighted by atomic mass is 19.1. The molecule has 2 heterocycles. The normalized spacial score (nSPS) is 31.6. The van der Waals surface area contributed by atoms with Gasteiger partial charge < -0.3 is 14.8 Å². The molecule has 3 rings (SSSR count). The predicted octanol–water partition coefficient (Wildman–Crippen LogP) is 2.67. The fourth-order valence-electron chi connectivity index (χ4n) is 3.59. The largest absolute Gasteiger partial charge is 0.378 e. The zero-order chi connectivity index (χ0) is 14.0. The van der Waals surface area contributed by atoms with E-state index in [0.29, 0.717) is 12.5 Å². The summed E-state index contributed by atoms with van der Waals surface area (Å²) in [6.45, 7) is 2.25. The van der Waals surface area contributed by atoms with Crippen molar-refractivity contribution in [1.29, 1.82) is 0 Å². The third-order valence-corrected chi connectivity index (χ3v) is 4.59. The van der Waals surface area contributed by atoms with Crippen LogP contribution in [0, 0.1) is 11.7 Å². The molecule has 2 saturated heterocycles. The molecule has 0 aromatic heterocycles. The van der Waals surface area contributed by atoms with Crippen molar-refractivity contribution in [2.24, 2.45) is 5.92 Å². The average molecular weight is 279 g/mol. The van der Waals surface area contributed by atoms with E-state index in [0.717, 1.165) is 38.0 Å². The average Bonchev–Trinajstić information content (AvgIpc) is 2.88. The standard InChI is InChI=1S/C16H22FNO2/c1-18-15(12-3-2-4-14(17)9-12)13-5-7-20-16(10-13)6-8-19-11-16/h2-4,9,13,15,18H,5-8,10-11H2,1H3. The summed E-state index contributed by atoms with van der Waals surface area (Å²) in [7, 11) is 1.95. The van der Waals surface area contributed by atoms with Crippen LogP contribution in [0.2, 0.25) is 0 Å². The van der Waals surface area contributed by atoms with Crippen LogP contribution in [-0.2, 0) is 9.47 Å². The molecule has 0 bridgehead atoms. The van der Waals surface area contributed by atoms with Gasteiger partial charge in [-0.15, -0.1) is 0 Å². The van der Waals surface area contributed by atoms with Crippen LogP contribution in [0.15, 0.2) is 24.3 Å². The molecule has 3 atom stereocenters. The van der Waals surface area contributed by atoms with Crippen molar-refractivity contribution in [3.05, 3.63) is 35.6 Å². The zero-order valence-electron chi connectivity index (χ0n) is 11.9. The van der Waals surface area contributed by atoms with Gasteiger partial charge in [-0.3, -0.25) is 0 Å². The molecule has 2 fully saturated rings. The van der Waals surface area contributed by atoms with Gasteiger partial charge in [-0.1, -0.05) is 12.1 Å². The number of halogens is 1. The first-order valence-corrected chi connectivity index (χ1v) is 7.37. The lowest BCUT2D eigenvalue weighted by Gasteiger charge is -2.40. The predicted molar refractivity (Wildman–Crippen MR) is 75.0 cm³/mol. The molecule has 0 amide bonds. The second-order valence-corrected chi connectivity index (χ2v) is 5.91. The molecule has 20 heavy (non-hydrogen) atoms. The highest BCUT2D eigenvalue weighted by Gasteiger charge is 2.43. The molecule has 0 radical (unpaired) electrons. The molecule has 1 aromatic rings. The van der Waals surface area contributed by atoms with Gasteiger partial charge in [0.05, 0.1) is 12.2 Å². The van der Waals surface area contributed by atoms with E-state index in [1.165, 1.54) is 6.07 Å². The van der Waals surface area contributed by atoms with Gasteiger partial charge in [0, 0.05) is 25.7 Å². The van der Waals surface area contributed by atoms with Crippen LogP contribution in [0.5, 0.6) is 0 Å². The van der Waals surface area contributed by atoms with Gasteiger partial charge in [-0.25, -0.2) is 4.39 Å². The van der Waals surface area contributed by atoms with Crippen LogP contribution >= 0.6 is 0 Å². The number of hydrogen-bond donors (Lipinski definition) is 1. The number of hydrogen-bond acceptors (Lipinski definition) is 3. The van der Waals surface area contributed by atoms with Gasteiger partial charge in [-0.2, -0.15) is 0 Å². The number of nitrogens with one attached hydrogen (secondary N) is 1. The summed E-state index contributed by atoms with van der Waals surface area (Å²) in [5.41, 5.74) is 0.916. The van der Waals surface area contributed by atoms with E-state index in [9.17, 15) is 4.39 Å². The second-order valence-electron chi connectivity index (χ2n) is 5.91. The summed E-state index contributed by atoms with van der Waals surface area (Å²) < 4.78 is 25.0. The molecule has 3 unspecified atom stereocenters. The first-order valence-electron chi connectivity index (χ1n) is 7.37. The number of rotatable bonds is 3. The number of ether oxygens (including phenoxy) is 2. The Hall–Kier alpha value is -0.970. The fourth-order valence-corrected chi connectivity index (χ4v) is 3.59. The first kappa shape index (κ1) is 14.0. The highest BCUT2D eigenvalue weighted by molar-refractivity contribution is 5.21. The molecule has 2 aliphatic heterocycles. The van der Waals surface area contributed by atoms with Crippen molar-refractivity contribution < 1.29 is 13.9 Å². The van der Waals surface area contributed by atoms with Crippen LogP contribution < -0.4 is 5.32 Å². The molecular weight excluding hydrogens is 257 g/mol. The highest BCUT2D eigenvalue weighted by Crippen LogP contribution is 2.40. The van der Waals surface area contributed by atoms with Gasteiger partial charge in [-0.05, 0) is 43.5 Å². The molecule has 110 valence electrons. The summed E-state index contributed by atoms with van der Waals surface area (Å²) in [5, 5.41) is 3.36. The SMILES string of the molecule is CNC(c1cccc(F)c1)C1CCOC2(CCOC2)C1. The van der Waals surface area contributed by atoms with Crippen molar-refractivity contribution in [3.63, 3.8) is 0 Å². The van der Waals surface area contributed by atoms with Crippen molar-refractivity contribution in [2.45, 2.75) is 30.9 Å². The van der Waals surface area contributed by atoms with E-state index in [4.69, 9.17) is 9.47 Å². The quantitative estimate of drug-likeness (QED) is 0.922. The minimum atomic E-state index is -0.172. The summed E-state index contributed by atoms with van der Waals surface area (Å²) in [5.74, 6) is 0.283. The summed E-state index contributed by atoms with van der Waals surface area (Å²) in [6, 6.07) is 7.08. The minimum absolute atomic E-state index is 0.106. The zero-order valence-corrected chi connectivity index (χ0v) is 11.9. The van der Waals surface area contributed by atoms with Gasteiger partial charge in [0.25, 0.3) is 0 Å². The number of benzene rings is 1. The maximum atomic E-state index is 13.5. The van der Waals surface area contributed by atoms with E-state index >= 15 is 0 Å². The van der Waals surface area contributed by atoms with Crippen molar-refractivity contribution >= 4 is 0 Å². The third-order valence-electron chi connectivity index (χ3n) is 4.59. The van der Waals surface area contributed by atoms with Gasteiger partial charge in [0.1, 0.15) is 5.82 Å². The lowest BCUT2D eigenvalue weighted by molar-refractivity contribution is -0.103. The Morgan fingerprint density at radius 2 is 2.30 bits per heavy atom. The van der Waals surface area contributed by atoms with E-state index in [1.54, 1.807) is 12.1 Å². The second kappa shape index (κ2) is 5.80. The molecular formula is C16H22FNO2. The third kappa shape index (κ3) is 2.73. The summed E-state index contributed by atoms with van der Waals surface area (Å²) >= 11 is 0. The summed E-state index contributed by atoms with van der Waals surface area (Å²) in [4.78, 5) is 0. The van der Waals surface area contributed by atoms with E-state index in [1.807, 2.05) is 13.1 Å². The smallest absolute Gasteiger partial charge is 0.123 e. The lowest BCUT2D eigenvalue weighted by atomic mass is 9.79. The maximum absolute atomic E-state index is 13.5. The lowest BCUT2D eigenvalue weighted by Crippen LogP contribution is -2.43. The Bertz CT molecular complexity index is 460. The Kier molecular flexibility index (Phi) is 4.06. The molecule has 1 N–H and O–H groups in total. The fraction of sp³-hybridized carbons (Fsp3) is 0.625. The van der Waals surface area contributed by atoms with Crippen LogP contribution in [0.1, 0.15) is 30.9 Å². The van der Waals surface area contributed by atoms with Crippen molar-refractivity contribution in [3.8, 4) is 0 Å². The Balaban J connectivity index is 1.78. The molecule has 2 aliphatic rings. The molecule has 1 spiro atoms. The van der Waals surface area contributed by atoms with Gasteiger partial charge in [0.2, 0.25) is 0 Å². The summed E-state index contributed by atoms with van der Waals surface area (Å²) in [6.07, 6.45) is 2.96. The first-order chi connectivity index (χ1) is 9.72. The van der Waals surface area contributed by atoms with Crippen molar-refractivity contribution in [1.82, 2.24) is 5.32 Å². The Morgan fingerprint density at radius 3 is 3.00 bits per heavy atom.